The number of nitrogens with zero attached hydrogens (tertiary/aromatic N) is 4. The van der Waals surface area contributed by atoms with Gasteiger partial charge in [0.05, 0.1) is 11.3 Å². The predicted molar refractivity (Wildman–Crippen MR) is 85.1 cm³/mol. The molecule has 0 spiro atoms. The highest BCUT2D eigenvalue weighted by molar-refractivity contribution is 5.97. The van der Waals surface area contributed by atoms with Crippen LogP contribution < -0.4 is 5.32 Å². The number of aromatic nitrogens is 4. The maximum atomic E-state index is 12.6. The fraction of sp³-hybridized carbons (Fsp3) is 0.412. The van der Waals surface area contributed by atoms with E-state index in [-0.39, 0.29) is 5.91 Å². The number of tetrazole rings is 1. The van der Waals surface area contributed by atoms with Crippen molar-refractivity contribution >= 4 is 5.91 Å². The van der Waals surface area contributed by atoms with E-state index < -0.39 is 0 Å². The Hall–Kier alpha value is -2.50. The summed E-state index contributed by atoms with van der Waals surface area (Å²) in [6, 6.07) is 7.41. The molecule has 0 saturated heterocycles. The third kappa shape index (κ3) is 2.54. The molecule has 3 atom stereocenters. The summed E-state index contributed by atoms with van der Waals surface area (Å²) in [4.78, 5) is 12.6. The first-order valence-electron chi connectivity index (χ1n) is 8.03. The molecule has 1 aromatic heterocycles. The van der Waals surface area contributed by atoms with Gasteiger partial charge in [-0.25, -0.2) is 0 Å². The van der Waals surface area contributed by atoms with Gasteiger partial charge in [-0.2, -0.15) is 4.68 Å². The van der Waals surface area contributed by atoms with Crippen molar-refractivity contribution in [1.82, 2.24) is 25.5 Å². The molecular weight excluding hydrogens is 290 g/mol. The van der Waals surface area contributed by atoms with Crippen molar-refractivity contribution in [2.24, 2.45) is 17.8 Å². The molecule has 3 unspecified atom stereocenters. The molecule has 1 N–H and O–H groups in total. The quantitative estimate of drug-likeness (QED) is 0.876. The van der Waals surface area contributed by atoms with Gasteiger partial charge < -0.3 is 5.32 Å². The van der Waals surface area contributed by atoms with Crippen LogP contribution in [0.15, 0.2) is 36.4 Å². The number of benzene rings is 1. The molecule has 2 aromatic rings. The van der Waals surface area contributed by atoms with Gasteiger partial charge in [-0.05, 0) is 60.1 Å². The third-order valence-corrected chi connectivity index (χ3v) is 4.94. The molecular formula is C17H19N5O. The third-order valence-electron chi connectivity index (χ3n) is 4.94. The Balaban J connectivity index is 1.51. The molecule has 2 aliphatic carbocycles. The van der Waals surface area contributed by atoms with E-state index in [2.05, 4.69) is 33.0 Å². The van der Waals surface area contributed by atoms with Crippen LogP contribution in [0.2, 0.25) is 0 Å². The predicted octanol–water partition coefficient (Wildman–Crippen LogP) is 1.91. The van der Waals surface area contributed by atoms with Crippen molar-refractivity contribution in [1.29, 1.82) is 0 Å². The number of amides is 1. The number of carbonyl (C=O) groups excluding carboxylic acids is 1. The minimum Gasteiger partial charge on any atom is -0.352 e. The maximum Gasteiger partial charge on any atom is 0.253 e. The number of fused-ring (bicyclic) bond motifs is 2. The number of hydrogen-bond donors (Lipinski definition) is 1. The second-order valence-corrected chi connectivity index (χ2v) is 6.41. The Morgan fingerprint density at radius 1 is 1.30 bits per heavy atom. The van der Waals surface area contributed by atoms with Gasteiger partial charge in [0.1, 0.15) is 0 Å². The van der Waals surface area contributed by atoms with Crippen LogP contribution in [-0.4, -0.2) is 32.7 Å². The van der Waals surface area contributed by atoms with Crippen LogP contribution in [0, 0.1) is 24.7 Å². The monoisotopic (exact) mass is 309 g/mol. The Bertz CT molecular complexity index is 766. The first-order chi connectivity index (χ1) is 11.2. The van der Waals surface area contributed by atoms with E-state index in [1.807, 2.05) is 31.2 Å². The first-order valence-corrected chi connectivity index (χ1v) is 8.03. The number of para-hydroxylation sites is 1. The van der Waals surface area contributed by atoms with E-state index in [4.69, 9.17) is 0 Å². The lowest BCUT2D eigenvalue weighted by molar-refractivity contribution is 0.0945. The number of nitrogens with one attached hydrogen (secondary N) is 1. The summed E-state index contributed by atoms with van der Waals surface area (Å²) in [7, 11) is 0. The minimum absolute atomic E-state index is 0.0674. The number of rotatable bonds is 4. The van der Waals surface area contributed by atoms with Crippen LogP contribution in [0.25, 0.3) is 5.69 Å². The molecule has 1 fully saturated rings. The average Bonchev–Trinajstić information content (AvgIpc) is 3.29. The second-order valence-electron chi connectivity index (χ2n) is 6.41. The molecule has 1 saturated carbocycles. The SMILES string of the molecule is Cc1nnnn1-c1ccccc1C(=O)NCC1CC2C=CC1C2. The Kier molecular flexibility index (Phi) is 3.44. The largest absolute Gasteiger partial charge is 0.352 e. The Morgan fingerprint density at radius 2 is 2.17 bits per heavy atom. The van der Waals surface area contributed by atoms with Gasteiger partial charge in [-0.3, -0.25) is 4.79 Å². The summed E-state index contributed by atoms with van der Waals surface area (Å²) >= 11 is 0. The molecule has 118 valence electrons. The van der Waals surface area contributed by atoms with Crippen LogP contribution in [-0.2, 0) is 0 Å². The lowest BCUT2D eigenvalue weighted by atomic mass is 9.93. The van der Waals surface area contributed by atoms with Crippen molar-refractivity contribution in [3.8, 4) is 5.69 Å². The van der Waals surface area contributed by atoms with Crippen LogP contribution in [0.1, 0.15) is 29.0 Å². The normalized spacial score (nSPS) is 25.0. The molecule has 0 aliphatic heterocycles. The van der Waals surface area contributed by atoms with Crippen molar-refractivity contribution in [2.75, 3.05) is 6.54 Å². The van der Waals surface area contributed by atoms with Gasteiger partial charge >= 0.3 is 0 Å². The fourth-order valence-electron chi connectivity index (χ4n) is 3.75. The average molecular weight is 309 g/mol. The zero-order valence-corrected chi connectivity index (χ0v) is 13.0. The molecule has 23 heavy (non-hydrogen) atoms. The second kappa shape index (κ2) is 5.61. The van der Waals surface area contributed by atoms with Crippen LogP contribution in [0.4, 0.5) is 0 Å². The van der Waals surface area contributed by atoms with E-state index in [1.165, 1.54) is 12.8 Å². The summed E-state index contributed by atoms with van der Waals surface area (Å²) in [6.07, 6.45) is 7.07. The number of carbonyl (C=O) groups is 1. The molecule has 2 bridgehead atoms. The zero-order valence-electron chi connectivity index (χ0n) is 13.0. The van der Waals surface area contributed by atoms with Gasteiger partial charge in [0.25, 0.3) is 5.91 Å². The first kappa shape index (κ1) is 14.1. The summed E-state index contributed by atoms with van der Waals surface area (Å²) in [5.41, 5.74) is 1.31. The summed E-state index contributed by atoms with van der Waals surface area (Å²) in [5.74, 6) is 2.51. The van der Waals surface area contributed by atoms with Crippen molar-refractivity contribution in [2.45, 2.75) is 19.8 Å². The topological polar surface area (TPSA) is 72.7 Å². The Morgan fingerprint density at radius 3 is 2.87 bits per heavy atom. The van der Waals surface area contributed by atoms with Crippen molar-refractivity contribution < 1.29 is 4.79 Å². The van der Waals surface area contributed by atoms with Gasteiger partial charge in [0.2, 0.25) is 0 Å². The molecule has 1 heterocycles. The summed E-state index contributed by atoms with van der Waals surface area (Å²) in [5, 5.41) is 14.6. The van der Waals surface area contributed by atoms with Crippen LogP contribution >= 0.6 is 0 Å². The molecule has 4 rings (SSSR count). The number of aryl methyl sites for hydroxylation is 1. The molecule has 1 amide bonds. The highest BCUT2D eigenvalue weighted by atomic mass is 16.1. The molecule has 2 aliphatic rings. The van der Waals surface area contributed by atoms with Crippen LogP contribution in [0.3, 0.4) is 0 Å². The lowest BCUT2D eigenvalue weighted by Crippen LogP contribution is -2.31. The Labute approximate surface area is 134 Å². The maximum absolute atomic E-state index is 12.6. The zero-order chi connectivity index (χ0) is 15.8. The van der Waals surface area contributed by atoms with Gasteiger partial charge in [0.15, 0.2) is 5.82 Å². The number of allylic oxidation sites excluding steroid dienone is 2. The summed E-state index contributed by atoms with van der Waals surface area (Å²) < 4.78 is 1.59. The van der Waals surface area contributed by atoms with Crippen LogP contribution in [0.5, 0.6) is 0 Å². The summed E-state index contributed by atoms with van der Waals surface area (Å²) in [6.45, 7) is 2.55. The van der Waals surface area contributed by atoms with E-state index in [9.17, 15) is 4.79 Å². The van der Waals surface area contributed by atoms with Crippen molar-refractivity contribution in [3.05, 3.63) is 47.8 Å². The van der Waals surface area contributed by atoms with Crippen molar-refractivity contribution in [3.63, 3.8) is 0 Å². The van der Waals surface area contributed by atoms with Gasteiger partial charge in [0, 0.05) is 6.54 Å². The molecule has 0 radical (unpaired) electrons. The van der Waals surface area contributed by atoms with Gasteiger partial charge in [-0.15, -0.1) is 5.10 Å². The molecule has 6 heteroatoms. The van der Waals surface area contributed by atoms with E-state index in [0.29, 0.717) is 28.9 Å². The highest BCUT2D eigenvalue weighted by Gasteiger charge is 2.35. The lowest BCUT2D eigenvalue weighted by Gasteiger charge is -2.19. The van der Waals surface area contributed by atoms with Gasteiger partial charge in [-0.1, -0.05) is 24.3 Å². The molecule has 6 nitrogen and oxygen atoms in total. The molecule has 1 aromatic carbocycles. The van der Waals surface area contributed by atoms with E-state index in [1.54, 1.807) is 4.68 Å². The minimum atomic E-state index is -0.0674. The standard InChI is InChI=1S/C17H19N5O/c1-11-19-20-21-22(11)16-5-3-2-4-15(16)17(23)18-10-14-9-12-6-7-13(14)8-12/h2-7,12-14H,8-10H2,1H3,(H,18,23). The highest BCUT2D eigenvalue weighted by Crippen LogP contribution is 2.42. The van der Waals surface area contributed by atoms with E-state index in [0.717, 1.165) is 12.5 Å². The smallest absolute Gasteiger partial charge is 0.253 e. The fourth-order valence-corrected chi connectivity index (χ4v) is 3.75. The number of hydrogen-bond acceptors (Lipinski definition) is 4. The van der Waals surface area contributed by atoms with E-state index >= 15 is 0 Å².